The van der Waals surface area contributed by atoms with Crippen molar-refractivity contribution in [3.05, 3.63) is 70.2 Å². The fraction of sp³-hybridized carbons (Fsp3) is 0.375. The summed E-state index contributed by atoms with van der Waals surface area (Å²) >= 11 is 0. The van der Waals surface area contributed by atoms with E-state index >= 15 is 0 Å². The van der Waals surface area contributed by atoms with Crippen molar-refractivity contribution < 1.29 is 0 Å². The first-order valence-electron chi connectivity index (χ1n) is 10.5. The van der Waals surface area contributed by atoms with Crippen LogP contribution in [0.2, 0.25) is 0 Å². The maximum absolute atomic E-state index is 13.3. The number of fused-ring (bicyclic) bond motifs is 2. The van der Waals surface area contributed by atoms with Gasteiger partial charge in [-0.1, -0.05) is 32.0 Å². The first-order chi connectivity index (χ1) is 14.4. The van der Waals surface area contributed by atoms with Crippen LogP contribution in [-0.4, -0.2) is 18.7 Å². The molecule has 0 amide bonds. The zero-order chi connectivity index (χ0) is 21.4. The monoisotopic (exact) mass is 401 g/mol. The van der Waals surface area contributed by atoms with Crippen LogP contribution in [0.4, 0.5) is 5.69 Å². The normalized spacial score (nSPS) is 11.8. The summed E-state index contributed by atoms with van der Waals surface area (Å²) in [6.45, 7) is 17.0. The summed E-state index contributed by atoms with van der Waals surface area (Å²) < 4.78 is 5.86. The Balaban J connectivity index is 1.88. The smallest absolute Gasteiger partial charge is 0.327 e. The Kier molecular flexibility index (Phi) is 5.21. The fourth-order valence-corrected chi connectivity index (χ4v) is 4.02. The van der Waals surface area contributed by atoms with Gasteiger partial charge in [0.1, 0.15) is 5.82 Å². The Morgan fingerprint density at radius 1 is 1.00 bits per heavy atom. The second-order valence-corrected chi connectivity index (χ2v) is 8.47. The van der Waals surface area contributed by atoms with Crippen LogP contribution in [0.15, 0.2) is 47.3 Å². The van der Waals surface area contributed by atoms with Crippen molar-refractivity contribution in [3.8, 4) is 0 Å². The molecule has 0 spiro atoms. The number of imidazole rings is 2. The highest BCUT2D eigenvalue weighted by molar-refractivity contribution is 5.81. The van der Waals surface area contributed by atoms with Crippen molar-refractivity contribution in [1.29, 1.82) is 0 Å². The lowest BCUT2D eigenvalue weighted by Crippen LogP contribution is -2.27. The minimum atomic E-state index is -0.0180. The van der Waals surface area contributed by atoms with Crippen molar-refractivity contribution in [2.45, 2.75) is 53.2 Å². The lowest BCUT2D eigenvalue weighted by atomic mass is 10.1. The Labute approximate surface area is 176 Å². The Morgan fingerprint density at radius 2 is 1.73 bits per heavy atom. The first kappa shape index (κ1) is 20.0. The molecule has 4 aromatic rings. The molecule has 4 rings (SSSR count). The van der Waals surface area contributed by atoms with E-state index in [0.29, 0.717) is 18.2 Å². The largest absolute Gasteiger partial charge is 0.329 e. The molecule has 6 heteroatoms. The van der Waals surface area contributed by atoms with E-state index in [0.717, 1.165) is 40.9 Å². The van der Waals surface area contributed by atoms with Crippen molar-refractivity contribution >= 4 is 27.8 Å². The van der Waals surface area contributed by atoms with Crippen LogP contribution < -0.4 is 5.69 Å². The average molecular weight is 402 g/mol. The maximum Gasteiger partial charge on any atom is 0.329 e. The summed E-state index contributed by atoms with van der Waals surface area (Å²) in [5.74, 6) is 1.41. The molecule has 154 valence electrons. The number of hydrogen-bond donors (Lipinski definition) is 0. The Morgan fingerprint density at radius 3 is 2.40 bits per heavy atom. The van der Waals surface area contributed by atoms with Gasteiger partial charge in [-0.05, 0) is 50.5 Å². The topological polar surface area (TPSA) is 49.1 Å². The second kappa shape index (κ2) is 7.83. The molecule has 0 fully saturated rings. The average Bonchev–Trinajstić information content (AvgIpc) is 3.20. The highest BCUT2D eigenvalue weighted by Crippen LogP contribution is 2.25. The van der Waals surface area contributed by atoms with Gasteiger partial charge in [0, 0.05) is 12.6 Å². The third-order valence-electron chi connectivity index (χ3n) is 5.56. The summed E-state index contributed by atoms with van der Waals surface area (Å²) in [6.07, 6.45) is 1.02. The van der Waals surface area contributed by atoms with Crippen LogP contribution in [0.1, 0.15) is 46.0 Å². The minimum absolute atomic E-state index is 0.0180. The lowest BCUT2D eigenvalue weighted by molar-refractivity contribution is 0.504. The lowest BCUT2D eigenvalue weighted by Gasteiger charge is -2.12. The van der Waals surface area contributed by atoms with E-state index in [4.69, 9.17) is 11.6 Å². The van der Waals surface area contributed by atoms with E-state index in [-0.39, 0.29) is 11.7 Å². The van der Waals surface area contributed by atoms with Crippen molar-refractivity contribution in [3.63, 3.8) is 0 Å². The molecule has 2 heterocycles. The van der Waals surface area contributed by atoms with Gasteiger partial charge in [0.15, 0.2) is 5.69 Å². The van der Waals surface area contributed by atoms with Crippen molar-refractivity contribution in [1.82, 2.24) is 18.7 Å². The number of aryl methyl sites for hydroxylation is 1. The molecule has 0 N–H and O–H groups in total. The van der Waals surface area contributed by atoms with Crippen LogP contribution in [0.5, 0.6) is 0 Å². The van der Waals surface area contributed by atoms with Gasteiger partial charge < -0.3 is 4.57 Å². The molecule has 0 aliphatic heterocycles. The van der Waals surface area contributed by atoms with E-state index in [1.807, 2.05) is 65.4 Å². The van der Waals surface area contributed by atoms with Gasteiger partial charge in [-0.2, -0.15) is 0 Å². The second-order valence-electron chi connectivity index (χ2n) is 8.47. The van der Waals surface area contributed by atoms with Gasteiger partial charge in [-0.15, -0.1) is 0 Å². The molecule has 6 nitrogen and oxygen atoms in total. The van der Waals surface area contributed by atoms with Crippen LogP contribution in [-0.2, 0) is 13.1 Å². The molecule has 0 aliphatic rings. The van der Waals surface area contributed by atoms with E-state index in [9.17, 15) is 4.79 Å². The van der Waals surface area contributed by atoms with E-state index < -0.39 is 0 Å². The minimum Gasteiger partial charge on any atom is -0.327 e. The highest BCUT2D eigenvalue weighted by Gasteiger charge is 2.18. The molecule has 0 bridgehead atoms. The molecule has 0 aliphatic carbocycles. The summed E-state index contributed by atoms with van der Waals surface area (Å²) in [6, 6.07) is 13.6. The number of benzene rings is 2. The van der Waals surface area contributed by atoms with E-state index in [1.165, 1.54) is 0 Å². The van der Waals surface area contributed by atoms with Gasteiger partial charge in [-0.3, -0.25) is 9.13 Å². The van der Waals surface area contributed by atoms with Crippen molar-refractivity contribution in [2.24, 2.45) is 5.92 Å². The molecule has 2 aromatic heterocycles. The predicted molar refractivity (Wildman–Crippen MR) is 121 cm³/mol. The number of aromatic nitrogens is 4. The molecular formula is C24H27N5O. The fourth-order valence-electron chi connectivity index (χ4n) is 4.02. The molecule has 0 saturated heterocycles. The SMILES string of the molecule is [C-]#[N+]c1ccc2c(c1)nc(Cn1c(=O)n(C(C)C)c3ccccc31)n2CCC(C)C. The van der Waals surface area contributed by atoms with Gasteiger partial charge in [0.05, 0.1) is 35.2 Å². The molecule has 0 atom stereocenters. The van der Waals surface area contributed by atoms with E-state index in [1.54, 1.807) is 0 Å². The maximum atomic E-state index is 13.3. The first-order valence-corrected chi connectivity index (χ1v) is 10.5. The van der Waals surface area contributed by atoms with Gasteiger partial charge in [0.25, 0.3) is 0 Å². The van der Waals surface area contributed by atoms with Crippen molar-refractivity contribution in [2.75, 3.05) is 0 Å². The van der Waals surface area contributed by atoms with Gasteiger partial charge in [-0.25, -0.2) is 14.6 Å². The molecule has 0 saturated carbocycles. The number of hydrogen-bond acceptors (Lipinski definition) is 2. The Hall–Kier alpha value is -3.33. The third kappa shape index (κ3) is 3.41. The number of nitrogens with zero attached hydrogens (tertiary/aromatic N) is 5. The Bertz CT molecular complexity index is 1310. The third-order valence-corrected chi connectivity index (χ3v) is 5.56. The number of para-hydroxylation sites is 2. The summed E-state index contributed by atoms with van der Waals surface area (Å²) in [5.41, 5.74) is 4.24. The summed E-state index contributed by atoms with van der Waals surface area (Å²) in [4.78, 5) is 21.7. The molecule has 0 unspecified atom stereocenters. The summed E-state index contributed by atoms with van der Waals surface area (Å²) in [5, 5.41) is 0. The standard InChI is InChI=1S/C24H27N5O/c1-16(2)12-13-27-20-11-10-18(25-5)14-19(20)26-23(27)15-28-21-8-6-7-9-22(21)29(17(3)4)24(28)30/h6-11,14,16-17H,12-13,15H2,1-4H3. The molecule has 0 radical (unpaired) electrons. The van der Waals surface area contributed by atoms with Crippen LogP contribution >= 0.6 is 0 Å². The zero-order valence-electron chi connectivity index (χ0n) is 18.0. The van der Waals surface area contributed by atoms with Gasteiger partial charge >= 0.3 is 5.69 Å². The molecular weight excluding hydrogens is 374 g/mol. The molecule has 2 aromatic carbocycles. The van der Waals surface area contributed by atoms with E-state index in [2.05, 4.69) is 23.3 Å². The van der Waals surface area contributed by atoms with Crippen LogP contribution in [0.25, 0.3) is 26.9 Å². The predicted octanol–water partition coefficient (Wildman–Crippen LogP) is 5.38. The number of rotatable bonds is 6. The quantitative estimate of drug-likeness (QED) is 0.407. The van der Waals surface area contributed by atoms with Crippen LogP contribution in [0.3, 0.4) is 0 Å². The highest BCUT2D eigenvalue weighted by atomic mass is 16.1. The van der Waals surface area contributed by atoms with Gasteiger partial charge in [0.2, 0.25) is 0 Å². The molecule has 30 heavy (non-hydrogen) atoms. The summed E-state index contributed by atoms with van der Waals surface area (Å²) in [7, 11) is 0. The van der Waals surface area contributed by atoms with Crippen LogP contribution in [0, 0.1) is 12.5 Å². The zero-order valence-corrected chi connectivity index (χ0v) is 18.0.